The minimum atomic E-state index is -0.830. The van der Waals surface area contributed by atoms with Gasteiger partial charge in [0.1, 0.15) is 0 Å². The lowest BCUT2D eigenvalue weighted by molar-refractivity contribution is -0.136. The van der Waals surface area contributed by atoms with E-state index >= 15 is 0 Å². The zero-order valence-electron chi connectivity index (χ0n) is 9.26. The Hall–Kier alpha value is -1.49. The molecular formula is C12H13NO3S. The summed E-state index contributed by atoms with van der Waals surface area (Å²) in [5.74, 6) is 0.0273. The quantitative estimate of drug-likeness (QED) is 0.889. The van der Waals surface area contributed by atoms with Crippen LogP contribution in [0, 0.1) is 0 Å². The number of rotatable bonds is 4. The molecule has 1 aromatic carbocycles. The lowest BCUT2D eigenvalue weighted by Crippen LogP contribution is -2.22. The maximum Gasteiger partial charge on any atom is 0.307 e. The highest BCUT2D eigenvalue weighted by atomic mass is 32.2. The van der Waals surface area contributed by atoms with Crippen LogP contribution < -0.4 is 0 Å². The Morgan fingerprint density at radius 3 is 2.47 bits per heavy atom. The normalized spacial score (nSPS) is 15.3. The van der Waals surface area contributed by atoms with E-state index in [4.69, 9.17) is 5.11 Å². The number of carboxylic acids is 1. The molecule has 1 N–H and O–H groups in total. The fraction of sp³-hybridized carbons (Fsp3) is 0.333. The summed E-state index contributed by atoms with van der Waals surface area (Å²) in [7, 11) is 0. The van der Waals surface area contributed by atoms with Crippen molar-refractivity contribution in [2.45, 2.75) is 13.0 Å². The molecule has 1 aliphatic heterocycles. The number of thioether (sulfide) groups is 1. The highest BCUT2D eigenvalue weighted by Crippen LogP contribution is 2.19. The number of amides is 1. The van der Waals surface area contributed by atoms with Crippen LogP contribution in [0.15, 0.2) is 24.3 Å². The average Bonchev–Trinajstić information content (AvgIpc) is 2.67. The van der Waals surface area contributed by atoms with Gasteiger partial charge >= 0.3 is 5.97 Å². The molecule has 1 heterocycles. The van der Waals surface area contributed by atoms with E-state index in [1.165, 1.54) is 11.8 Å². The Labute approximate surface area is 104 Å². The van der Waals surface area contributed by atoms with Crippen LogP contribution in [-0.4, -0.2) is 33.5 Å². The Bertz CT molecular complexity index is 430. The molecule has 90 valence electrons. The van der Waals surface area contributed by atoms with E-state index < -0.39 is 5.97 Å². The standard InChI is InChI=1S/C12H13NO3S/c14-11(15)7-9-1-3-10(4-2-9)8-13-5-6-17-12(13)16/h1-4H,5-8H2,(H,14,15). The lowest BCUT2D eigenvalue weighted by atomic mass is 10.1. The van der Waals surface area contributed by atoms with Gasteiger partial charge in [-0.15, -0.1) is 0 Å². The topological polar surface area (TPSA) is 57.6 Å². The molecule has 2 rings (SSSR count). The Morgan fingerprint density at radius 1 is 1.29 bits per heavy atom. The van der Waals surface area contributed by atoms with Crippen LogP contribution in [0.25, 0.3) is 0 Å². The van der Waals surface area contributed by atoms with Crippen LogP contribution in [0.3, 0.4) is 0 Å². The second-order valence-electron chi connectivity index (χ2n) is 3.92. The van der Waals surface area contributed by atoms with Gasteiger partial charge < -0.3 is 10.0 Å². The van der Waals surface area contributed by atoms with Crippen molar-refractivity contribution in [2.75, 3.05) is 12.3 Å². The first-order chi connectivity index (χ1) is 8.15. The van der Waals surface area contributed by atoms with Gasteiger partial charge in [0, 0.05) is 18.8 Å². The van der Waals surface area contributed by atoms with Crippen LogP contribution >= 0.6 is 11.8 Å². The van der Waals surface area contributed by atoms with Gasteiger partial charge in [0.2, 0.25) is 0 Å². The highest BCUT2D eigenvalue weighted by Gasteiger charge is 2.20. The van der Waals surface area contributed by atoms with Crippen LogP contribution in [-0.2, 0) is 17.8 Å². The van der Waals surface area contributed by atoms with Gasteiger partial charge in [-0.1, -0.05) is 36.0 Å². The molecule has 0 atom stereocenters. The Balaban J connectivity index is 1.98. The van der Waals surface area contributed by atoms with E-state index in [9.17, 15) is 9.59 Å². The van der Waals surface area contributed by atoms with Crippen molar-refractivity contribution < 1.29 is 14.7 Å². The molecule has 0 saturated carbocycles. The SMILES string of the molecule is O=C(O)Cc1ccc(CN2CCSC2=O)cc1. The molecule has 17 heavy (non-hydrogen) atoms. The summed E-state index contributed by atoms with van der Waals surface area (Å²) < 4.78 is 0. The number of aliphatic carboxylic acids is 1. The molecule has 1 amide bonds. The van der Waals surface area contributed by atoms with Crippen LogP contribution in [0.4, 0.5) is 4.79 Å². The van der Waals surface area contributed by atoms with E-state index in [1.54, 1.807) is 17.0 Å². The van der Waals surface area contributed by atoms with E-state index in [0.717, 1.165) is 23.4 Å². The monoisotopic (exact) mass is 251 g/mol. The van der Waals surface area contributed by atoms with Crippen molar-refractivity contribution in [3.8, 4) is 0 Å². The van der Waals surface area contributed by atoms with Crippen LogP contribution in [0.2, 0.25) is 0 Å². The van der Waals surface area contributed by atoms with Gasteiger partial charge in [0.15, 0.2) is 0 Å². The molecule has 0 radical (unpaired) electrons. The van der Waals surface area contributed by atoms with Gasteiger partial charge in [0.25, 0.3) is 5.24 Å². The van der Waals surface area contributed by atoms with E-state index in [2.05, 4.69) is 0 Å². The summed E-state index contributed by atoms with van der Waals surface area (Å²) in [6.45, 7) is 1.40. The first-order valence-corrected chi connectivity index (χ1v) is 6.35. The van der Waals surface area contributed by atoms with Gasteiger partial charge in [-0.2, -0.15) is 0 Å². The molecule has 1 aliphatic rings. The third-order valence-electron chi connectivity index (χ3n) is 2.60. The number of nitrogens with zero attached hydrogens (tertiary/aromatic N) is 1. The summed E-state index contributed by atoms with van der Waals surface area (Å²) in [5.41, 5.74) is 1.82. The molecule has 0 unspecified atom stereocenters. The van der Waals surface area contributed by atoms with Gasteiger partial charge in [-0.3, -0.25) is 9.59 Å². The number of carboxylic acid groups (broad SMARTS) is 1. The van der Waals surface area contributed by atoms with Crippen molar-refractivity contribution in [1.29, 1.82) is 0 Å². The molecule has 4 nitrogen and oxygen atoms in total. The van der Waals surface area contributed by atoms with Crippen molar-refractivity contribution in [3.05, 3.63) is 35.4 Å². The second kappa shape index (κ2) is 5.23. The third-order valence-corrected chi connectivity index (χ3v) is 3.49. The molecule has 0 aliphatic carbocycles. The van der Waals surface area contributed by atoms with E-state index in [0.29, 0.717) is 6.54 Å². The first-order valence-electron chi connectivity index (χ1n) is 5.36. The van der Waals surface area contributed by atoms with E-state index in [1.807, 2.05) is 12.1 Å². The van der Waals surface area contributed by atoms with E-state index in [-0.39, 0.29) is 11.7 Å². The maximum atomic E-state index is 11.4. The summed E-state index contributed by atoms with van der Waals surface area (Å²) in [4.78, 5) is 23.7. The number of carbonyl (C=O) groups excluding carboxylic acids is 1. The Kier molecular flexibility index (Phi) is 3.68. The van der Waals surface area contributed by atoms with Crippen molar-refractivity contribution in [2.24, 2.45) is 0 Å². The van der Waals surface area contributed by atoms with Crippen molar-refractivity contribution in [3.63, 3.8) is 0 Å². The van der Waals surface area contributed by atoms with Gasteiger partial charge in [-0.25, -0.2) is 0 Å². The number of carbonyl (C=O) groups is 2. The zero-order chi connectivity index (χ0) is 12.3. The summed E-state index contributed by atoms with van der Waals surface area (Å²) in [5, 5.41) is 8.77. The second-order valence-corrected chi connectivity index (χ2v) is 4.97. The molecule has 1 fully saturated rings. The van der Waals surface area contributed by atoms with Crippen LogP contribution in [0.1, 0.15) is 11.1 Å². The fourth-order valence-corrected chi connectivity index (χ4v) is 2.55. The van der Waals surface area contributed by atoms with Crippen LogP contribution in [0.5, 0.6) is 0 Å². The molecule has 1 aromatic rings. The third kappa shape index (κ3) is 3.23. The highest BCUT2D eigenvalue weighted by molar-refractivity contribution is 8.13. The molecule has 5 heteroatoms. The minimum absolute atomic E-state index is 0.0405. The molecule has 0 spiro atoms. The zero-order valence-corrected chi connectivity index (χ0v) is 10.1. The molecule has 0 bridgehead atoms. The number of hydrogen-bond donors (Lipinski definition) is 1. The minimum Gasteiger partial charge on any atom is -0.481 e. The summed E-state index contributed by atoms with van der Waals surface area (Å²) in [6, 6.07) is 7.37. The molecule has 0 aromatic heterocycles. The average molecular weight is 251 g/mol. The maximum absolute atomic E-state index is 11.4. The summed E-state index contributed by atoms with van der Waals surface area (Å²) in [6.07, 6.45) is 0.0405. The molecular weight excluding hydrogens is 238 g/mol. The number of benzene rings is 1. The smallest absolute Gasteiger partial charge is 0.307 e. The lowest BCUT2D eigenvalue weighted by Gasteiger charge is -2.14. The summed E-state index contributed by atoms with van der Waals surface area (Å²) >= 11 is 1.35. The largest absolute Gasteiger partial charge is 0.481 e. The number of hydrogen-bond acceptors (Lipinski definition) is 3. The van der Waals surface area contributed by atoms with Gasteiger partial charge in [-0.05, 0) is 11.1 Å². The molecule has 1 saturated heterocycles. The Morgan fingerprint density at radius 2 is 1.94 bits per heavy atom. The predicted octanol–water partition coefficient (Wildman–Crippen LogP) is 1.98. The van der Waals surface area contributed by atoms with Crippen molar-refractivity contribution in [1.82, 2.24) is 4.90 Å². The fourth-order valence-electron chi connectivity index (χ4n) is 1.73. The van der Waals surface area contributed by atoms with Gasteiger partial charge in [0.05, 0.1) is 6.42 Å². The van der Waals surface area contributed by atoms with Crippen molar-refractivity contribution >= 4 is 23.0 Å². The predicted molar refractivity (Wildman–Crippen MR) is 66.0 cm³/mol. The first kappa shape index (κ1) is 12.0.